The lowest BCUT2D eigenvalue weighted by Gasteiger charge is -2.29. The van der Waals surface area contributed by atoms with E-state index in [2.05, 4.69) is 10.6 Å². The smallest absolute Gasteiger partial charge is 0.257 e. The monoisotopic (exact) mass is 435 g/mol. The van der Waals surface area contributed by atoms with Gasteiger partial charge in [-0.3, -0.25) is 9.59 Å². The van der Waals surface area contributed by atoms with Gasteiger partial charge in [-0.15, -0.1) is 0 Å². The van der Waals surface area contributed by atoms with E-state index in [9.17, 15) is 22.8 Å². The molecule has 2 aromatic rings. The van der Waals surface area contributed by atoms with Gasteiger partial charge in [0.15, 0.2) is 0 Å². The van der Waals surface area contributed by atoms with Crippen LogP contribution in [0.1, 0.15) is 24.2 Å². The summed E-state index contributed by atoms with van der Waals surface area (Å²) in [5.74, 6) is -4.62. The Balaban J connectivity index is 1.72. The van der Waals surface area contributed by atoms with Gasteiger partial charge in [0.25, 0.3) is 5.91 Å². The molecule has 1 aliphatic rings. The molecule has 1 aliphatic heterocycles. The Morgan fingerprint density at radius 2 is 1.65 bits per heavy atom. The van der Waals surface area contributed by atoms with Gasteiger partial charge in [0.1, 0.15) is 29.1 Å². The van der Waals surface area contributed by atoms with E-state index < -0.39 is 46.8 Å². The fourth-order valence-electron chi connectivity index (χ4n) is 3.33. The third-order valence-corrected chi connectivity index (χ3v) is 4.99. The van der Waals surface area contributed by atoms with Gasteiger partial charge < -0.3 is 20.3 Å². The first-order valence-electron chi connectivity index (χ1n) is 9.96. The molecule has 1 heterocycles. The number of halogens is 3. The number of anilines is 2. The molecule has 0 aliphatic carbocycles. The number of carbonyl (C=O) groups is 2. The lowest BCUT2D eigenvalue weighted by molar-refractivity contribution is -0.118. The maximum absolute atomic E-state index is 14.6. The van der Waals surface area contributed by atoms with E-state index in [1.165, 1.54) is 6.07 Å². The van der Waals surface area contributed by atoms with E-state index in [4.69, 9.17) is 4.74 Å². The Bertz CT molecular complexity index is 942. The van der Waals surface area contributed by atoms with Crippen LogP contribution < -0.4 is 15.5 Å². The predicted molar refractivity (Wildman–Crippen MR) is 111 cm³/mol. The van der Waals surface area contributed by atoms with Crippen LogP contribution in [0.3, 0.4) is 0 Å². The summed E-state index contributed by atoms with van der Waals surface area (Å²) in [6.07, 6.45) is 0. The summed E-state index contributed by atoms with van der Waals surface area (Å²) in [7, 11) is 0. The van der Waals surface area contributed by atoms with Crippen molar-refractivity contribution in [3.8, 4) is 0 Å². The van der Waals surface area contributed by atoms with Crippen LogP contribution in [0, 0.1) is 23.4 Å². The van der Waals surface area contributed by atoms with Crippen LogP contribution in [0.25, 0.3) is 0 Å². The summed E-state index contributed by atoms with van der Waals surface area (Å²) in [5, 5.41) is 4.92. The number of benzene rings is 2. The molecule has 1 fully saturated rings. The number of carbonyl (C=O) groups excluding carboxylic acids is 2. The van der Waals surface area contributed by atoms with Crippen LogP contribution in [-0.4, -0.2) is 44.2 Å². The molecular formula is C22H24F3N3O3. The van der Waals surface area contributed by atoms with Crippen molar-refractivity contribution in [1.82, 2.24) is 5.32 Å². The molecule has 1 saturated heterocycles. The largest absolute Gasteiger partial charge is 0.378 e. The molecule has 0 aromatic heterocycles. The summed E-state index contributed by atoms with van der Waals surface area (Å²) in [6, 6.07) is 6.29. The van der Waals surface area contributed by atoms with Crippen LogP contribution in [-0.2, 0) is 9.53 Å². The Labute approximate surface area is 178 Å². The number of morpholine rings is 1. The normalized spacial score (nSPS) is 15.0. The highest BCUT2D eigenvalue weighted by Crippen LogP contribution is 2.24. The molecule has 2 aromatic carbocycles. The minimum absolute atomic E-state index is 0.205. The summed E-state index contributed by atoms with van der Waals surface area (Å²) >= 11 is 0. The maximum Gasteiger partial charge on any atom is 0.257 e. The molecule has 1 unspecified atom stereocenters. The van der Waals surface area contributed by atoms with E-state index in [-0.39, 0.29) is 5.69 Å². The van der Waals surface area contributed by atoms with Crippen LogP contribution in [0.2, 0.25) is 0 Å². The molecule has 0 saturated carbocycles. The summed E-state index contributed by atoms with van der Waals surface area (Å²) < 4.78 is 47.6. The molecule has 166 valence electrons. The van der Waals surface area contributed by atoms with Crippen molar-refractivity contribution < 1.29 is 27.5 Å². The van der Waals surface area contributed by atoms with Crippen molar-refractivity contribution in [2.45, 2.75) is 19.9 Å². The first-order chi connectivity index (χ1) is 14.8. The molecular weight excluding hydrogens is 411 g/mol. The summed E-state index contributed by atoms with van der Waals surface area (Å²) in [4.78, 5) is 27.0. The molecule has 31 heavy (non-hydrogen) atoms. The van der Waals surface area contributed by atoms with E-state index in [1.54, 1.807) is 26.0 Å². The van der Waals surface area contributed by atoms with Crippen molar-refractivity contribution in [3.63, 3.8) is 0 Å². The van der Waals surface area contributed by atoms with Gasteiger partial charge in [-0.2, -0.15) is 0 Å². The number of nitrogens with zero attached hydrogens (tertiary/aromatic N) is 1. The second-order valence-corrected chi connectivity index (χ2v) is 7.55. The fourth-order valence-corrected chi connectivity index (χ4v) is 3.33. The second-order valence-electron chi connectivity index (χ2n) is 7.55. The van der Waals surface area contributed by atoms with Crippen molar-refractivity contribution in [2.24, 2.45) is 5.92 Å². The van der Waals surface area contributed by atoms with Crippen molar-refractivity contribution in [3.05, 3.63) is 59.4 Å². The van der Waals surface area contributed by atoms with Gasteiger partial charge >= 0.3 is 0 Å². The summed E-state index contributed by atoms with van der Waals surface area (Å²) in [5.41, 5.74) is -0.150. The highest BCUT2D eigenvalue weighted by atomic mass is 19.1. The van der Waals surface area contributed by atoms with Gasteiger partial charge in [-0.05, 0) is 36.2 Å². The molecule has 2 amide bonds. The maximum atomic E-state index is 14.6. The SMILES string of the molecule is CC(C)C(NC(=O)c1c(F)cccc1F)C(=O)Nc1ccc(N2CCOCC2)c(F)c1. The van der Waals surface area contributed by atoms with E-state index >= 15 is 0 Å². The number of ether oxygens (including phenoxy) is 1. The van der Waals surface area contributed by atoms with Crippen molar-refractivity contribution in [1.29, 1.82) is 0 Å². The average Bonchev–Trinajstić information content (AvgIpc) is 2.72. The molecule has 1 atom stereocenters. The van der Waals surface area contributed by atoms with Gasteiger partial charge in [0.05, 0.1) is 18.9 Å². The summed E-state index contributed by atoms with van der Waals surface area (Å²) in [6.45, 7) is 5.49. The van der Waals surface area contributed by atoms with Crippen LogP contribution in [0.5, 0.6) is 0 Å². The van der Waals surface area contributed by atoms with E-state index in [1.807, 2.05) is 4.90 Å². The highest BCUT2D eigenvalue weighted by molar-refractivity contribution is 6.01. The molecule has 2 N–H and O–H groups in total. The molecule has 9 heteroatoms. The van der Waals surface area contributed by atoms with Crippen LogP contribution >= 0.6 is 0 Å². The van der Waals surface area contributed by atoms with Crippen molar-refractivity contribution >= 4 is 23.2 Å². The fraction of sp³-hybridized carbons (Fsp3) is 0.364. The first kappa shape index (κ1) is 22.6. The topological polar surface area (TPSA) is 70.7 Å². The zero-order valence-corrected chi connectivity index (χ0v) is 17.3. The zero-order valence-electron chi connectivity index (χ0n) is 17.3. The van der Waals surface area contributed by atoms with Gasteiger partial charge in [-0.25, -0.2) is 13.2 Å². The lowest BCUT2D eigenvalue weighted by Crippen LogP contribution is -2.47. The number of hydrogen-bond donors (Lipinski definition) is 2. The molecule has 0 bridgehead atoms. The van der Waals surface area contributed by atoms with E-state index in [0.29, 0.717) is 32.0 Å². The molecule has 0 radical (unpaired) electrons. The van der Waals surface area contributed by atoms with Crippen molar-refractivity contribution in [2.75, 3.05) is 36.5 Å². The average molecular weight is 435 g/mol. The Hall–Kier alpha value is -3.07. The van der Waals surface area contributed by atoms with Crippen LogP contribution in [0.4, 0.5) is 24.5 Å². The Morgan fingerprint density at radius 1 is 1.00 bits per heavy atom. The number of hydrogen-bond acceptors (Lipinski definition) is 4. The van der Waals surface area contributed by atoms with Crippen LogP contribution in [0.15, 0.2) is 36.4 Å². The van der Waals surface area contributed by atoms with Gasteiger partial charge in [0.2, 0.25) is 5.91 Å². The number of nitrogens with one attached hydrogen (secondary N) is 2. The third kappa shape index (κ3) is 5.35. The van der Waals surface area contributed by atoms with Gasteiger partial charge in [0, 0.05) is 18.8 Å². The highest BCUT2D eigenvalue weighted by Gasteiger charge is 2.27. The number of rotatable bonds is 6. The molecule has 6 nitrogen and oxygen atoms in total. The minimum atomic E-state index is -1.09. The minimum Gasteiger partial charge on any atom is -0.378 e. The standard InChI is InChI=1S/C22H24F3N3O3/c1-13(2)20(27-21(29)19-15(23)4-3-5-16(19)24)22(30)26-14-6-7-18(17(25)12-14)28-8-10-31-11-9-28/h3-7,12-13,20H,8-11H2,1-2H3,(H,26,30)(H,27,29). The van der Waals surface area contributed by atoms with E-state index in [0.717, 1.165) is 18.2 Å². The number of amides is 2. The predicted octanol–water partition coefficient (Wildman–Crippen LogP) is 3.33. The van der Waals surface area contributed by atoms with Gasteiger partial charge in [-0.1, -0.05) is 19.9 Å². The Morgan fingerprint density at radius 3 is 2.23 bits per heavy atom. The second kappa shape index (κ2) is 9.82. The Kier molecular flexibility index (Phi) is 7.17. The third-order valence-electron chi connectivity index (χ3n) is 4.99. The first-order valence-corrected chi connectivity index (χ1v) is 9.96. The quantitative estimate of drug-likeness (QED) is 0.730. The lowest BCUT2D eigenvalue weighted by atomic mass is 10.0. The molecule has 3 rings (SSSR count). The molecule has 0 spiro atoms. The zero-order chi connectivity index (χ0) is 22.5.